The van der Waals surface area contributed by atoms with Gasteiger partial charge in [-0.3, -0.25) is 14.9 Å². The maximum atomic E-state index is 12.5. The van der Waals surface area contributed by atoms with Gasteiger partial charge in [-0.1, -0.05) is 20.8 Å². The van der Waals surface area contributed by atoms with Crippen molar-refractivity contribution in [2.24, 2.45) is 5.41 Å². The SMILES string of the molecule is CC(C)(C)C(=O)N1CCC[C@H](c2cncc(-c3ccn[nH]3)n2)C1. The average Bonchev–Trinajstić information content (AvgIpc) is 3.08. The Labute approximate surface area is 136 Å². The monoisotopic (exact) mass is 313 g/mol. The van der Waals surface area contributed by atoms with Crippen molar-refractivity contribution >= 4 is 5.91 Å². The molecule has 1 aliphatic rings. The smallest absolute Gasteiger partial charge is 0.227 e. The fourth-order valence-corrected chi connectivity index (χ4v) is 2.98. The van der Waals surface area contributed by atoms with E-state index in [0.717, 1.165) is 43.0 Å². The maximum absolute atomic E-state index is 12.5. The molecule has 1 saturated heterocycles. The first-order valence-corrected chi connectivity index (χ1v) is 8.06. The van der Waals surface area contributed by atoms with E-state index in [2.05, 4.69) is 15.2 Å². The zero-order valence-electron chi connectivity index (χ0n) is 13.9. The minimum Gasteiger partial charge on any atom is -0.342 e. The number of rotatable bonds is 2. The molecule has 2 aromatic heterocycles. The van der Waals surface area contributed by atoms with Gasteiger partial charge >= 0.3 is 0 Å². The standard InChI is InChI=1S/C17H23N5O/c1-17(2,3)16(23)22-8-4-5-12(11-22)14-9-18-10-15(20-14)13-6-7-19-21-13/h6-7,9-10,12H,4-5,8,11H2,1-3H3,(H,19,21)/t12-/m0/s1. The van der Waals surface area contributed by atoms with E-state index in [-0.39, 0.29) is 17.2 Å². The summed E-state index contributed by atoms with van der Waals surface area (Å²) >= 11 is 0. The minimum absolute atomic E-state index is 0.208. The van der Waals surface area contributed by atoms with E-state index in [4.69, 9.17) is 4.98 Å². The molecule has 0 spiro atoms. The summed E-state index contributed by atoms with van der Waals surface area (Å²) in [5, 5.41) is 6.87. The number of hydrogen-bond donors (Lipinski definition) is 1. The zero-order chi connectivity index (χ0) is 16.4. The number of piperidine rings is 1. The molecule has 0 radical (unpaired) electrons. The molecule has 1 fully saturated rings. The molecule has 1 N–H and O–H groups in total. The number of aromatic nitrogens is 4. The molecule has 3 heterocycles. The van der Waals surface area contributed by atoms with Crippen LogP contribution in [0.1, 0.15) is 45.2 Å². The maximum Gasteiger partial charge on any atom is 0.227 e. The number of amides is 1. The lowest BCUT2D eigenvalue weighted by Crippen LogP contribution is -2.44. The van der Waals surface area contributed by atoms with Crippen molar-refractivity contribution in [2.45, 2.75) is 39.5 Å². The molecule has 0 aromatic carbocycles. The number of likely N-dealkylation sites (tertiary alicyclic amines) is 1. The van der Waals surface area contributed by atoms with E-state index in [1.165, 1.54) is 0 Å². The van der Waals surface area contributed by atoms with Crippen molar-refractivity contribution in [1.29, 1.82) is 0 Å². The predicted octanol–water partition coefficient (Wildman–Crippen LogP) is 2.62. The highest BCUT2D eigenvalue weighted by Gasteiger charge is 2.32. The van der Waals surface area contributed by atoms with Crippen LogP contribution in [-0.4, -0.2) is 44.1 Å². The van der Waals surface area contributed by atoms with Gasteiger partial charge in [-0.15, -0.1) is 0 Å². The fraction of sp³-hybridized carbons (Fsp3) is 0.529. The van der Waals surface area contributed by atoms with Crippen molar-refractivity contribution < 1.29 is 4.79 Å². The molecular weight excluding hydrogens is 290 g/mol. The van der Waals surface area contributed by atoms with Gasteiger partial charge in [0, 0.05) is 36.8 Å². The molecule has 0 bridgehead atoms. The lowest BCUT2D eigenvalue weighted by atomic mass is 9.90. The first-order chi connectivity index (χ1) is 10.9. The predicted molar refractivity (Wildman–Crippen MR) is 87.6 cm³/mol. The first kappa shape index (κ1) is 15.6. The third-order valence-corrected chi connectivity index (χ3v) is 4.20. The summed E-state index contributed by atoms with van der Waals surface area (Å²) in [5.41, 5.74) is 2.26. The second kappa shape index (κ2) is 6.10. The number of carbonyl (C=O) groups excluding carboxylic acids is 1. The van der Waals surface area contributed by atoms with Gasteiger partial charge < -0.3 is 4.90 Å². The van der Waals surface area contributed by atoms with E-state index in [0.29, 0.717) is 0 Å². The van der Waals surface area contributed by atoms with E-state index < -0.39 is 0 Å². The molecule has 122 valence electrons. The van der Waals surface area contributed by atoms with E-state index in [1.54, 1.807) is 12.4 Å². The van der Waals surface area contributed by atoms with Crippen LogP contribution in [0.3, 0.4) is 0 Å². The molecule has 1 atom stereocenters. The number of H-pyrrole nitrogens is 1. The third-order valence-electron chi connectivity index (χ3n) is 4.20. The average molecular weight is 313 g/mol. The van der Waals surface area contributed by atoms with E-state index >= 15 is 0 Å². The molecule has 1 amide bonds. The Morgan fingerprint density at radius 1 is 1.35 bits per heavy atom. The van der Waals surface area contributed by atoms with Crippen LogP contribution in [0.25, 0.3) is 11.4 Å². The minimum atomic E-state index is -0.342. The highest BCUT2D eigenvalue weighted by molar-refractivity contribution is 5.81. The van der Waals surface area contributed by atoms with Gasteiger partial charge in [-0.25, -0.2) is 4.98 Å². The van der Waals surface area contributed by atoms with Gasteiger partial charge in [0.1, 0.15) is 5.69 Å². The van der Waals surface area contributed by atoms with Crippen LogP contribution in [0.2, 0.25) is 0 Å². The summed E-state index contributed by atoms with van der Waals surface area (Å²) in [6, 6.07) is 1.88. The second-order valence-corrected chi connectivity index (χ2v) is 7.14. The number of nitrogens with zero attached hydrogens (tertiary/aromatic N) is 4. The second-order valence-electron chi connectivity index (χ2n) is 7.14. The molecule has 0 aliphatic carbocycles. The van der Waals surface area contributed by atoms with Crippen molar-refractivity contribution in [3.8, 4) is 11.4 Å². The Kier molecular flexibility index (Phi) is 4.15. The van der Waals surface area contributed by atoms with Gasteiger partial charge in [0.05, 0.1) is 17.6 Å². The molecule has 0 saturated carbocycles. The van der Waals surface area contributed by atoms with Crippen molar-refractivity contribution in [2.75, 3.05) is 13.1 Å². The molecular formula is C17H23N5O. The molecule has 0 unspecified atom stereocenters. The van der Waals surface area contributed by atoms with Crippen molar-refractivity contribution in [1.82, 2.24) is 25.1 Å². The normalized spacial score (nSPS) is 18.9. The van der Waals surface area contributed by atoms with Gasteiger partial charge in [0.15, 0.2) is 0 Å². The summed E-state index contributed by atoms with van der Waals surface area (Å²) in [6.45, 7) is 7.46. The summed E-state index contributed by atoms with van der Waals surface area (Å²) in [7, 11) is 0. The topological polar surface area (TPSA) is 74.8 Å². The van der Waals surface area contributed by atoms with Gasteiger partial charge in [0.2, 0.25) is 5.91 Å². The number of aromatic amines is 1. The van der Waals surface area contributed by atoms with Crippen LogP contribution in [0.4, 0.5) is 0 Å². The van der Waals surface area contributed by atoms with Crippen LogP contribution in [-0.2, 0) is 4.79 Å². The summed E-state index contributed by atoms with van der Waals surface area (Å²) in [6.07, 6.45) is 7.29. The summed E-state index contributed by atoms with van der Waals surface area (Å²) in [5.74, 6) is 0.449. The number of nitrogens with one attached hydrogen (secondary N) is 1. The van der Waals surface area contributed by atoms with Crippen LogP contribution in [0, 0.1) is 5.41 Å². The van der Waals surface area contributed by atoms with Crippen LogP contribution < -0.4 is 0 Å². The quantitative estimate of drug-likeness (QED) is 0.925. The molecule has 6 nitrogen and oxygen atoms in total. The van der Waals surface area contributed by atoms with Gasteiger partial charge in [-0.2, -0.15) is 5.10 Å². The summed E-state index contributed by atoms with van der Waals surface area (Å²) in [4.78, 5) is 23.5. The largest absolute Gasteiger partial charge is 0.342 e. The molecule has 3 rings (SSSR count). The van der Waals surface area contributed by atoms with E-state index in [1.807, 2.05) is 37.9 Å². The molecule has 6 heteroatoms. The Hall–Kier alpha value is -2.24. The summed E-state index contributed by atoms with van der Waals surface area (Å²) < 4.78 is 0. The van der Waals surface area contributed by atoms with Gasteiger partial charge in [-0.05, 0) is 18.9 Å². The van der Waals surface area contributed by atoms with Crippen molar-refractivity contribution in [3.63, 3.8) is 0 Å². The lowest BCUT2D eigenvalue weighted by Gasteiger charge is -2.36. The Bertz CT molecular complexity index is 675. The molecule has 23 heavy (non-hydrogen) atoms. The highest BCUT2D eigenvalue weighted by atomic mass is 16.2. The highest BCUT2D eigenvalue weighted by Crippen LogP contribution is 2.29. The van der Waals surface area contributed by atoms with Crippen LogP contribution in [0.5, 0.6) is 0 Å². The van der Waals surface area contributed by atoms with Crippen LogP contribution >= 0.6 is 0 Å². The lowest BCUT2D eigenvalue weighted by molar-refractivity contribution is -0.140. The van der Waals surface area contributed by atoms with Crippen LogP contribution in [0.15, 0.2) is 24.7 Å². The molecule has 1 aliphatic heterocycles. The molecule has 2 aromatic rings. The van der Waals surface area contributed by atoms with E-state index in [9.17, 15) is 4.79 Å². The zero-order valence-corrected chi connectivity index (χ0v) is 13.9. The Balaban J connectivity index is 1.79. The van der Waals surface area contributed by atoms with Gasteiger partial charge in [0.25, 0.3) is 0 Å². The third kappa shape index (κ3) is 3.41. The number of hydrogen-bond acceptors (Lipinski definition) is 4. The number of carbonyl (C=O) groups is 1. The Morgan fingerprint density at radius 3 is 2.87 bits per heavy atom. The fourth-order valence-electron chi connectivity index (χ4n) is 2.98. The van der Waals surface area contributed by atoms with Crippen molar-refractivity contribution in [3.05, 3.63) is 30.4 Å². The first-order valence-electron chi connectivity index (χ1n) is 8.06. The Morgan fingerprint density at radius 2 is 2.17 bits per heavy atom.